The Hall–Kier alpha value is -2.10. The van der Waals surface area contributed by atoms with Gasteiger partial charge in [-0.1, -0.05) is 19.1 Å². The molecule has 1 aromatic heterocycles. The van der Waals surface area contributed by atoms with E-state index in [1.165, 1.54) is 5.56 Å². The zero-order valence-electron chi connectivity index (χ0n) is 13.2. The normalized spacial score (nSPS) is 12.2. The quantitative estimate of drug-likeness (QED) is 0.911. The fraction of sp³-hybridized carbons (Fsp3) is 0.412. The van der Waals surface area contributed by atoms with Crippen LogP contribution in [-0.2, 0) is 11.2 Å². The van der Waals surface area contributed by atoms with Crippen LogP contribution in [0, 0.1) is 13.8 Å². The molecule has 2 rings (SSSR count). The van der Waals surface area contributed by atoms with E-state index in [9.17, 15) is 4.79 Å². The molecule has 2 aromatic rings. The monoisotopic (exact) mass is 285 g/mol. The van der Waals surface area contributed by atoms with Crippen molar-refractivity contribution in [3.05, 3.63) is 47.3 Å². The number of hydrogen-bond donors (Lipinski definition) is 1. The third-order valence-corrected chi connectivity index (χ3v) is 3.56. The highest BCUT2D eigenvalue weighted by Crippen LogP contribution is 2.16. The number of rotatable bonds is 5. The number of carbonyl (C=O) groups excluding carboxylic acids is 1. The number of amides is 1. The van der Waals surface area contributed by atoms with Crippen LogP contribution < -0.4 is 5.32 Å². The van der Waals surface area contributed by atoms with E-state index in [1.54, 1.807) is 0 Å². The van der Waals surface area contributed by atoms with Crippen molar-refractivity contribution in [1.82, 2.24) is 9.78 Å². The Morgan fingerprint density at radius 3 is 2.71 bits per heavy atom. The van der Waals surface area contributed by atoms with Gasteiger partial charge in [0.15, 0.2) is 0 Å². The average molecular weight is 285 g/mol. The maximum absolute atomic E-state index is 12.2. The second kappa shape index (κ2) is 6.57. The van der Waals surface area contributed by atoms with Gasteiger partial charge in [-0.05, 0) is 51.0 Å². The summed E-state index contributed by atoms with van der Waals surface area (Å²) in [5.41, 5.74) is 4.15. The van der Waals surface area contributed by atoms with E-state index < -0.39 is 0 Å². The van der Waals surface area contributed by atoms with E-state index in [4.69, 9.17) is 0 Å². The minimum absolute atomic E-state index is 0.0170. The largest absolute Gasteiger partial charge is 0.326 e. The number of aromatic nitrogens is 2. The summed E-state index contributed by atoms with van der Waals surface area (Å²) >= 11 is 0. The van der Waals surface area contributed by atoms with Crippen LogP contribution in [0.25, 0.3) is 0 Å². The molecule has 0 saturated heterocycles. The molecule has 1 N–H and O–H groups in total. The lowest BCUT2D eigenvalue weighted by Crippen LogP contribution is -2.19. The predicted octanol–water partition coefficient (Wildman–Crippen LogP) is 3.65. The van der Waals surface area contributed by atoms with Gasteiger partial charge in [-0.2, -0.15) is 5.10 Å². The van der Waals surface area contributed by atoms with E-state index in [0.717, 1.165) is 23.5 Å². The van der Waals surface area contributed by atoms with Crippen molar-refractivity contribution in [3.8, 4) is 0 Å². The highest BCUT2D eigenvalue weighted by atomic mass is 16.1. The maximum atomic E-state index is 12.2. The number of aryl methyl sites for hydroxylation is 3. The molecule has 0 saturated carbocycles. The summed E-state index contributed by atoms with van der Waals surface area (Å²) in [6.07, 6.45) is 1.38. The molecule has 112 valence electrons. The molecule has 0 fully saturated rings. The Labute approximate surface area is 126 Å². The van der Waals surface area contributed by atoms with Crippen molar-refractivity contribution in [3.63, 3.8) is 0 Å². The molecular weight excluding hydrogens is 262 g/mol. The third kappa shape index (κ3) is 3.94. The van der Waals surface area contributed by atoms with Crippen LogP contribution in [0.3, 0.4) is 0 Å². The first-order valence-corrected chi connectivity index (χ1v) is 7.41. The Balaban J connectivity index is 1.99. The predicted molar refractivity (Wildman–Crippen MR) is 85.5 cm³/mol. The molecule has 0 spiro atoms. The van der Waals surface area contributed by atoms with Crippen LogP contribution in [-0.4, -0.2) is 15.7 Å². The average Bonchev–Trinajstić information content (AvgIpc) is 2.77. The lowest BCUT2D eigenvalue weighted by molar-refractivity contribution is -0.116. The molecule has 0 aliphatic rings. The fourth-order valence-corrected chi connectivity index (χ4v) is 2.53. The molecule has 0 unspecified atom stereocenters. The molecule has 4 heteroatoms. The molecular formula is C17H23N3O. The van der Waals surface area contributed by atoms with Crippen LogP contribution in [0.4, 0.5) is 5.69 Å². The lowest BCUT2D eigenvalue weighted by Gasteiger charge is -2.14. The second-order valence-corrected chi connectivity index (χ2v) is 5.53. The SMILES string of the molecule is CCc1cccc(NC(=O)C[C@@H](C)n2nc(C)cc2C)c1. The molecule has 0 bridgehead atoms. The van der Waals surface area contributed by atoms with Gasteiger partial charge in [0.05, 0.1) is 11.7 Å². The zero-order chi connectivity index (χ0) is 15.4. The standard InChI is InChI=1S/C17H23N3O/c1-5-15-7-6-8-16(11-15)18-17(21)10-14(4)20-13(3)9-12(2)19-20/h6-9,11,14H,5,10H2,1-4H3,(H,18,21)/t14-/m1/s1. The number of hydrogen-bond acceptors (Lipinski definition) is 2. The Morgan fingerprint density at radius 1 is 1.33 bits per heavy atom. The maximum Gasteiger partial charge on any atom is 0.226 e. The van der Waals surface area contributed by atoms with Crippen LogP contribution in [0.2, 0.25) is 0 Å². The van der Waals surface area contributed by atoms with Crippen molar-refractivity contribution >= 4 is 11.6 Å². The van der Waals surface area contributed by atoms with Gasteiger partial charge in [0, 0.05) is 17.8 Å². The Bertz CT molecular complexity index is 631. The molecule has 1 aromatic carbocycles. The Morgan fingerprint density at radius 2 is 2.10 bits per heavy atom. The van der Waals surface area contributed by atoms with Crippen LogP contribution in [0.1, 0.15) is 43.3 Å². The van der Waals surface area contributed by atoms with Gasteiger partial charge in [0.1, 0.15) is 0 Å². The van der Waals surface area contributed by atoms with Gasteiger partial charge in [-0.3, -0.25) is 9.48 Å². The summed E-state index contributed by atoms with van der Waals surface area (Å²) in [5, 5.41) is 7.40. The minimum atomic E-state index is 0.0170. The number of benzene rings is 1. The summed E-state index contributed by atoms with van der Waals surface area (Å²) in [4.78, 5) is 12.2. The van der Waals surface area contributed by atoms with Gasteiger partial charge in [-0.25, -0.2) is 0 Å². The van der Waals surface area contributed by atoms with Crippen LogP contribution >= 0.6 is 0 Å². The fourth-order valence-electron chi connectivity index (χ4n) is 2.53. The lowest BCUT2D eigenvalue weighted by atomic mass is 10.1. The molecule has 0 radical (unpaired) electrons. The van der Waals surface area contributed by atoms with E-state index in [0.29, 0.717) is 6.42 Å². The van der Waals surface area contributed by atoms with Crippen molar-refractivity contribution < 1.29 is 4.79 Å². The Kier molecular flexibility index (Phi) is 4.78. The topological polar surface area (TPSA) is 46.9 Å². The van der Waals surface area contributed by atoms with Crippen molar-refractivity contribution in [1.29, 1.82) is 0 Å². The summed E-state index contributed by atoms with van der Waals surface area (Å²) in [7, 11) is 0. The third-order valence-electron chi connectivity index (χ3n) is 3.56. The van der Waals surface area contributed by atoms with E-state index in [-0.39, 0.29) is 11.9 Å². The molecule has 0 aliphatic heterocycles. The summed E-state index contributed by atoms with van der Waals surface area (Å²) in [5.74, 6) is 0.0170. The van der Waals surface area contributed by atoms with Gasteiger partial charge >= 0.3 is 0 Å². The van der Waals surface area contributed by atoms with Gasteiger partial charge in [0.25, 0.3) is 0 Å². The van der Waals surface area contributed by atoms with Crippen LogP contribution in [0.15, 0.2) is 30.3 Å². The molecule has 1 amide bonds. The van der Waals surface area contributed by atoms with Crippen LogP contribution in [0.5, 0.6) is 0 Å². The second-order valence-electron chi connectivity index (χ2n) is 5.53. The smallest absolute Gasteiger partial charge is 0.226 e. The van der Waals surface area contributed by atoms with Crippen molar-refractivity contribution in [2.75, 3.05) is 5.32 Å². The molecule has 1 heterocycles. The minimum Gasteiger partial charge on any atom is -0.326 e. The van der Waals surface area contributed by atoms with Gasteiger partial charge < -0.3 is 5.32 Å². The zero-order valence-corrected chi connectivity index (χ0v) is 13.2. The molecule has 4 nitrogen and oxygen atoms in total. The van der Waals surface area contributed by atoms with E-state index in [1.807, 2.05) is 49.7 Å². The first kappa shape index (κ1) is 15.3. The first-order chi connectivity index (χ1) is 9.99. The first-order valence-electron chi connectivity index (χ1n) is 7.41. The molecule has 1 atom stereocenters. The highest BCUT2D eigenvalue weighted by molar-refractivity contribution is 5.91. The van der Waals surface area contributed by atoms with E-state index in [2.05, 4.69) is 23.4 Å². The number of nitrogens with zero attached hydrogens (tertiary/aromatic N) is 2. The summed E-state index contributed by atoms with van der Waals surface area (Å²) < 4.78 is 1.91. The van der Waals surface area contributed by atoms with Gasteiger partial charge in [-0.15, -0.1) is 0 Å². The number of anilines is 1. The van der Waals surface area contributed by atoms with Crippen molar-refractivity contribution in [2.45, 2.75) is 46.6 Å². The highest BCUT2D eigenvalue weighted by Gasteiger charge is 2.14. The number of nitrogens with one attached hydrogen (secondary N) is 1. The molecule has 21 heavy (non-hydrogen) atoms. The van der Waals surface area contributed by atoms with E-state index >= 15 is 0 Å². The molecule has 0 aliphatic carbocycles. The van der Waals surface area contributed by atoms with Gasteiger partial charge in [0.2, 0.25) is 5.91 Å². The number of carbonyl (C=O) groups is 1. The van der Waals surface area contributed by atoms with Crippen molar-refractivity contribution in [2.24, 2.45) is 0 Å². The summed E-state index contributed by atoms with van der Waals surface area (Å²) in [6, 6.07) is 10.1. The summed E-state index contributed by atoms with van der Waals surface area (Å²) in [6.45, 7) is 8.10.